The van der Waals surface area contributed by atoms with Crippen molar-refractivity contribution >= 4 is 21.8 Å². The van der Waals surface area contributed by atoms with Crippen molar-refractivity contribution in [2.24, 2.45) is 0 Å². The fourth-order valence-corrected chi connectivity index (χ4v) is 4.82. The molecular formula is C23H26N2O7S. The molecule has 0 bridgehead atoms. The molecule has 2 aromatic rings. The summed E-state index contributed by atoms with van der Waals surface area (Å²) in [6, 6.07) is 9.58. The third kappa shape index (κ3) is 5.28. The molecule has 1 heterocycles. The number of esters is 1. The second-order valence-electron chi connectivity index (χ2n) is 7.32. The summed E-state index contributed by atoms with van der Waals surface area (Å²) in [5.41, 5.74) is 1.28. The zero-order valence-corrected chi connectivity index (χ0v) is 19.6. The van der Waals surface area contributed by atoms with Gasteiger partial charge in [0.2, 0.25) is 0 Å². The summed E-state index contributed by atoms with van der Waals surface area (Å²) in [6.45, 7) is 3.55. The van der Waals surface area contributed by atoms with E-state index in [9.17, 15) is 18.0 Å². The second kappa shape index (κ2) is 9.95. The molecule has 2 aromatic carbocycles. The molecule has 0 spiro atoms. The fourth-order valence-electron chi connectivity index (χ4n) is 3.49. The van der Waals surface area contributed by atoms with E-state index in [1.54, 1.807) is 37.3 Å². The lowest BCUT2D eigenvalue weighted by Gasteiger charge is -2.30. The fraction of sp³-hybridized carbons (Fsp3) is 0.304. The highest BCUT2D eigenvalue weighted by atomic mass is 32.2. The van der Waals surface area contributed by atoms with E-state index in [0.717, 1.165) is 5.56 Å². The molecule has 0 saturated heterocycles. The van der Waals surface area contributed by atoms with Crippen LogP contribution in [-0.4, -0.2) is 47.0 Å². The zero-order chi connectivity index (χ0) is 24.2. The number of sulfone groups is 1. The van der Waals surface area contributed by atoms with Crippen LogP contribution in [-0.2, 0) is 19.4 Å². The highest BCUT2D eigenvalue weighted by Gasteiger charge is 2.37. The summed E-state index contributed by atoms with van der Waals surface area (Å²) in [7, 11) is -0.932. The Morgan fingerprint density at radius 2 is 1.76 bits per heavy atom. The van der Waals surface area contributed by atoms with E-state index < -0.39 is 33.6 Å². The van der Waals surface area contributed by atoms with Crippen LogP contribution in [0.1, 0.15) is 24.1 Å². The summed E-state index contributed by atoms with van der Waals surface area (Å²) in [4.78, 5) is 25.5. The smallest absolute Gasteiger partial charge is 0.338 e. The molecule has 0 radical (unpaired) electrons. The molecule has 176 valence electrons. The average molecular weight is 475 g/mol. The van der Waals surface area contributed by atoms with Crippen molar-refractivity contribution in [3.05, 3.63) is 64.9 Å². The van der Waals surface area contributed by atoms with Gasteiger partial charge in [0.15, 0.2) is 9.84 Å². The summed E-state index contributed by atoms with van der Waals surface area (Å²) < 4.78 is 42.0. The monoisotopic (exact) mass is 474 g/mol. The average Bonchev–Trinajstić information content (AvgIpc) is 2.78. The number of carbonyl (C=O) groups excluding carboxylic acids is 2. The first-order valence-electron chi connectivity index (χ1n) is 10.2. The van der Waals surface area contributed by atoms with E-state index >= 15 is 0 Å². The van der Waals surface area contributed by atoms with E-state index in [1.807, 2.05) is 6.92 Å². The van der Waals surface area contributed by atoms with E-state index in [-0.39, 0.29) is 22.8 Å². The number of hydrogen-bond donors (Lipinski definition) is 2. The van der Waals surface area contributed by atoms with E-state index in [1.165, 1.54) is 26.4 Å². The molecule has 2 amide bonds. The van der Waals surface area contributed by atoms with Crippen molar-refractivity contribution in [2.45, 2.75) is 24.8 Å². The molecule has 10 heteroatoms. The number of rotatable bonds is 8. The largest absolute Gasteiger partial charge is 0.497 e. The van der Waals surface area contributed by atoms with Crippen molar-refractivity contribution in [1.29, 1.82) is 0 Å². The number of amides is 2. The maximum Gasteiger partial charge on any atom is 0.338 e. The predicted molar refractivity (Wildman–Crippen MR) is 121 cm³/mol. The molecule has 2 N–H and O–H groups in total. The van der Waals surface area contributed by atoms with Crippen LogP contribution in [0.4, 0.5) is 4.79 Å². The minimum Gasteiger partial charge on any atom is -0.497 e. The third-order valence-corrected chi connectivity index (χ3v) is 6.77. The first kappa shape index (κ1) is 24.1. The first-order chi connectivity index (χ1) is 15.7. The number of benzene rings is 2. The van der Waals surface area contributed by atoms with Crippen LogP contribution in [0.25, 0.3) is 0 Å². The molecule has 1 atom stereocenters. The van der Waals surface area contributed by atoms with E-state index in [0.29, 0.717) is 17.1 Å². The minimum absolute atomic E-state index is 0.0180. The third-order valence-electron chi connectivity index (χ3n) is 5.12. The quantitative estimate of drug-likeness (QED) is 0.565. The zero-order valence-electron chi connectivity index (χ0n) is 18.8. The Bertz CT molecular complexity index is 1190. The van der Waals surface area contributed by atoms with Gasteiger partial charge in [-0.15, -0.1) is 0 Å². The van der Waals surface area contributed by atoms with Crippen molar-refractivity contribution in [3.8, 4) is 11.5 Å². The predicted octanol–water partition coefficient (Wildman–Crippen LogP) is 2.66. The normalized spacial score (nSPS) is 16.0. The molecule has 0 fully saturated rings. The molecule has 9 nitrogen and oxygen atoms in total. The van der Waals surface area contributed by atoms with Crippen molar-refractivity contribution in [2.75, 3.05) is 26.6 Å². The summed E-state index contributed by atoms with van der Waals surface area (Å²) in [5.74, 6) is -0.474. The number of aryl methyl sites for hydroxylation is 1. The molecule has 1 aliphatic rings. The topological polar surface area (TPSA) is 120 Å². The molecular weight excluding hydrogens is 448 g/mol. The SMILES string of the molecule is CCOC(=O)C1=C(CS(=O)(=O)c2ccc(C)cc2)NC(=O)NC1c1ccc(OC)cc1OC. The Hall–Kier alpha value is -3.53. The maximum atomic E-state index is 13.1. The maximum absolute atomic E-state index is 13.1. The lowest BCUT2D eigenvalue weighted by molar-refractivity contribution is -0.139. The van der Waals surface area contributed by atoms with E-state index in [4.69, 9.17) is 14.2 Å². The van der Waals surface area contributed by atoms with Crippen LogP contribution >= 0.6 is 0 Å². The van der Waals surface area contributed by atoms with Gasteiger partial charge in [-0.1, -0.05) is 17.7 Å². The van der Waals surface area contributed by atoms with Gasteiger partial charge < -0.3 is 24.8 Å². The van der Waals surface area contributed by atoms with Crippen LogP contribution in [0, 0.1) is 6.92 Å². The van der Waals surface area contributed by atoms with Gasteiger partial charge in [-0.25, -0.2) is 18.0 Å². The van der Waals surface area contributed by atoms with Gasteiger partial charge in [0.25, 0.3) is 0 Å². The highest BCUT2D eigenvalue weighted by Crippen LogP contribution is 2.36. The molecule has 0 saturated carbocycles. The molecule has 0 aromatic heterocycles. The number of methoxy groups -OCH3 is 2. The summed E-state index contributed by atoms with van der Waals surface area (Å²) in [6.07, 6.45) is 0. The molecule has 33 heavy (non-hydrogen) atoms. The number of hydrogen-bond acceptors (Lipinski definition) is 7. The minimum atomic E-state index is -3.87. The molecule has 3 rings (SSSR count). The van der Waals surface area contributed by atoms with Gasteiger partial charge in [0.05, 0.1) is 43.1 Å². The number of carbonyl (C=O) groups is 2. The Kier molecular flexibility index (Phi) is 7.27. The molecule has 0 aliphatic carbocycles. The van der Waals surface area contributed by atoms with Crippen molar-refractivity contribution in [1.82, 2.24) is 10.6 Å². The lowest BCUT2D eigenvalue weighted by atomic mass is 9.94. The van der Waals surface area contributed by atoms with Gasteiger partial charge in [-0.2, -0.15) is 0 Å². The lowest BCUT2D eigenvalue weighted by Crippen LogP contribution is -2.47. The Labute approximate surface area is 192 Å². The Balaban J connectivity index is 2.14. The van der Waals surface area contributed by atoms with Gasteiger partial charge in [0, 0.05) is 17.3 Å². The molecule has 1 unspecified atom stereocenters. The van der Waals surface area contributed by atoms with Gasteiger partial charge in [-0.3, -0.25) is 0 Å². The van der Waals surface area contributed by atoms with Gasteiger partial charge in [-0.05, 0) is 38.1 Å². The second-order valence-corrected chi connectivity index (χ2v) is 9.31. The van der Waals surface area contributed by atoms with Crippen LogP contribution < -0.4 is 20.1 Å². The Morgan fingerprint density at radius 3 is 2.36 bits per heavy atom. The molecule has 1 aliphatic heterocycles. The standard InChI is InChI=1S/C23H26N2O7S/c1-5-32-22(26)20-18(13-33(28,29)16-9-6-14(2)7-10-16)24-23(27)25-21(20)17-11-8-15(30-3)12-19(17)31-4/h6-12,21H,5,13H2,1-4H3,(H2,24,25,27). The Morgan fingerprint density at radius 1 is 1.06 bits per heavy atom. The number of nitrogens with one attached hydrogen (secondary N) is 2. The highest BCUT2D eigenvalue weighted by molar-refractivity contribution is 7.91. The number of urea groups is 1. The van der Waals surface area contributed by atoms with Gasteiger partial charge in [0.1, 0.15) is 11.5 Å². The van der Waals surface area contributed by atoms with Crippen molar-refractivity contribution in [3.63, 3.8) is 0 Å². The van der Waals surface area contributed by atoms with Crippen molar-refractivity contribution < 1.29 is 32.2 Å². The van der Waals surface area contributed by atoms with E-state index in [2.05, 4.69) is 10.6 Å². The summed E-state index contributed by atoms with van der Waals surface area (Å²) >= 11 is 0. The van der Waals surface area contributed by atoms with Gasteiger partial charge >= 0.3 is 12.0 Å². The van der Waals surface area contributed by atoms with Crippen LogP contribution in [0.3, 0.4) is 0 Å². The van der Waals surface area contributed by atoms with Crippen LogP contribution in [0.2, 0.25) is 0 Å². The van der Waals surface area contributed by atoms with Crippen LogP contribution in [0.15, 0.2) is 58.6 Å². The van der Waals surface area contributed by atoms with Crippen LogP contribution in [0.5, 0.6) is 11.5 Å². The number of ether oxygens (including phenoxy) is 3. The summed E-state index contributed by atoms with van der Waals surface area (Å²) in [5, 5.41) is 5.16. The first-order valence-corrected chi connectivity index (χ1v) is 11.8.